The number of halogens is 2. The zero-order valence-corrected chi connectivity index (χ0v) is 19.2. The summed E-state index contributed by atoms with van der Waals surface area (Å²) in [7, 11) is 0. The van der Waals surface area contributed by atoms with Crippen molar-refractivity contribution in [3.8, 4) is 17.2 Å². The zero-order valence-electron chi connectivity index (χ0n) is 17.7. The molecule has 32 heavy (non-hydrogen) atoms. The van der Waals surface area contributed by atoms with Gasteiger partial charge in [-0.05, 0) is 30.1 Å². The number of carbonyl (C=O) groups excluding carboxylic acids is 1. The Labute approximate surface area is 196 Å². The quantitative estimate of drug-likeness (QED) is 0.616. The number of piperazine rings is 1. The van der Waals surface area contributed by atoms with Crippen LogP contribution in [0.2, 0.25) is 10.0 Å². The molecule has 0 unspecified atom stereocenters. The summed E-state index contributed by atoms with van der Waals surface area (Å²) >= 11 is 12.6. The summed E-state index contributed by atoms with van der Waals surface area (Å²) in [5.41, 5.74) is 6.21. The smallest absolute Gasteiger partial charge is 0.266 e. The van der Waals surface area contributed by atoms with Crippen LogP contribution in [0.1, 0.15) is 25.7 Å². The molecule has 9 nitrogen and oxygen atoms in total. The maximum atomic E-state index is 12.6. The molecule has 1 saturated carbocycles. The molecular weight excluding hydrogens is 457 g/mol. The highest BCUT2D eigenvalue weighted by atomic mass is 35.5. The predicted octanol–water partition coefficient (Wildman–Crippen LogP) is 2.58. The van der Waals surface area contributed by atoms with Gasteiger partial charge in [-0.25, -0.2) is 0 Å². The van der Waals surface area contributed by atoms with Crippen molar-refractivity contribution in [1.29, 1.82) is 0 Å². The molecule has 174 valence electrons. The third-order valence-corrected chi connectivity index (χ3v) is 6.48. The van der Waals surface area contributed by atoms with Crippen molar-refractivity contribution in [3.05, 3.63) is 22.2 Å². The van der Waals surface area contributed by atoms with Crippen LogP contribution in [0.3, 0.4) is 0 Å². The number of carbonyl (C=O) groups is 1. The first kappa shape index (κ1) is 23.1. The monoisotopic (exact) mass is 483 g/mol. The summed E-state index contributed by atoms with van der Waals surface area (Å²) in [6.07, 6.45) is 4.32. The average Bonchev–Trinajstić information content (AvgIpc) is 3.50. The lowest BCUT2D eigenvalue weighted by molar-refractivity contribution is -0.135. The maximum absolute atomic E-state index is 12.6. The number of anilines is 1. The minimum Gasteiger partial charge on any atom is -0.489 e. The molecule has 2 heterocycles. The van der Waals surface area contributed by atoms with E-state index in [-0.39, 0.29) is 46.7 Å². The first-order chi connectivity index (χ1) is 15.5. The number of aromatic nitrogens is 2. The lowest BCUT2D eigenvalue weighted by atomic mass is 10.1. The molecule has 1 aliphatic carbocycles. The topological polar surface area (TPSA) is 118 Å². The van der Waals surface area contributed by atoms with Crippen LogP contribution in [0.5, 0.6) is 5.75 Å². The molecule has 11 heteroatoms. The third-order valence-electron chi connectivity index (χ3n) is 5.92. The molecule has 3 N–H and O–H groups in total. The number of rotatable bonds is 7. The van der Waals surface area contributed by atoms with Crippen molar-refractivity contribution in [1.82, 2.24) is 15.0 Å². The van der Waals surface area contributed by atoms with Gasteiger partial charge in [-0.2, -0.15) is 4.98 Å². The third kappa shape index (κ3) is 5.11. The Morgan fingerprint density at radius 2 is 1.88 bits per heavy atom. The SMILES string of the molecule is N[C@@H](CO)COc1c(Cl)cc(-c2nc(N3CCN(C(=O)C4CCCC4)CC3)no2)cc1Cl. The highest BCUT2D eigenvalue weighted by Gasteiger charge is 2.30. The second-order valence-electron chi connectivity index (χ2n) is 8.22. The van der Waals surface area contributed by atoms with E-state index in [1.54, 1.807) is 12.1 Å². The number of nitrogens with two attached hydrogens (primary N) is 1. The molecule has 2 aliphatic rings. The van der Waals surface area contributed by atoms with Crippen molar-refractivity contribution in [2.45, 2.75) is 31.7 Å². The van der Waals surface area contributed by atoms with E-state index in [0.29, 0.717) is 37.7 Å². The normalized spacial score (nSPS) is 18.2. The highest BCUT2D eigenvalue weighted by Crippen LogP contribution is 2.37. The molecule has 0 bridgehead atoms. The molecule has 2 fully saturated rings. The van der Waals surface area contributed by atoms with Gasteiger partial charge in [0.15, 0.2) is 5.75 Å². The van der Waals surface area contributed by atoms with Crippen LogP contribution in [-0.4, -0.2) is 71.5 Å². The van der Waals surface area contributed by atoms with E-state index in [4.69, 9.17) is 43.3 Å². The van der Waals surface area contributed by atoms with E-state index in [2.05, 4.69) is 10.1 Å². The molecule has 1 atom stereocenters. The number of nitrogens with zero attached hydrogens (tertiary/aromatic N) is 4. The zero-order chi connectivity index (χ0) is 22.7. The Hall–Kier alpha value is -2.07. The van der Waals surface area contributed by atoms with E-state index in [1.807, 2.05) is 9.80 Å². The van der Waals surface area contributed by atoms with Crippen LogP contribution < -0.4 is 15.4 Å². The Balaban J connectivity index is 1.39. The lowest BCUT2D eigenvalue weighted by Crippen LogP contribution is -2.50. The standard InChI is InChI=1S/C21H27Cl2N5O4/c22-16-9-14(10-17(23)18(16)31-12-15(24)11-29)19-25-21(26-32-19)28-7-5-27(6-8-28)20(30)13-3-1-2-4-13/h9-10,13,15,29H,1-8,11-12,24H2/t15-/m0/s1. The van der Waals surface area contributed by atoms with Gasteiger partial charge in [-0.1, -0.05) is 36.0 Å². The minimum atomic E-state index is -0.533. The largest absolute Gasteiger partial charge is 0.489 e. The number of aliphatic hydroxyl groups excluding tert-OH is 1. The second-order valence-corrected chi connectivity index (χ2v) is 9.03. The van der Waals surface area contributed by atoms with Gasteiger partial charge in [-0.3, -0.25) is 4.79 Å². The van der Waals surface area contributed by atoms with E-state index in [0.717, 1.165) is 25.7 Å². The summed E-state index contributed by atoms with van der Waals surface area (Å²) in [6, 6.07) is 2.72. The second kappa shape index (κ2) is 10.2. The lowest BCUT2D eigenvalue weighted by Gasteiger charge is -2.35. The molecule has 1 amide bonds. The number of benzene rings is 1. The highest BCUT2D eigenvalue weighted by molar-refractivity contribution is 6.37. The van der Waals surface area contributed by atoms with Crippen LogP contribution in [0.25, 0.3) is 11.5 Å². The summed E-state index contributed by atoms with van der Waals surface area (Å²) in [4.78, 5) is 21.1. The molecule has 1 aromatic carbocycles. The summed E-state index contributed by atoms with van der Waals surface area (Å²) in [5, 5.41) is 13.7. The fraction of sp³-hybridized carbons (Fsp3) is 0.571. The minimum absolute atomic E-state index is 0.0786. The van der Waals surface area contributed by atoms with Crippen LogP contribution in [0, 0.1) is 5.92 Å². The van der Waals surface area contributed by atoms with E-state index in [9.17, 15) is 4.79 Å². The van der Waals surface area contributed by atoms with Crippen molar-refractivity contribution in [2.75, 3.05) is 44.3 Å². The molecule has 0 radical (unpaired) electrons. The fourth-order valence-corrected chi connectivity index (χ4v) is 4.68. The summed E-state index contributed by atoms with van der Waals surface area (Å²) in [5.74, 6) is 1.51. The van der Waals surface area contributed by atoms with Gasteiger partial charge in [0.25, 0.3) is 11.8 Å². The van der Waals surface area contributed by atoms with E-state index in [1.165, 1.54) is 0 Å². The van der Waals surface area contributed by atoms with Gasteiger partial charge >= 0.3 is 0 Å². The van der Waals surface area contributed by atoms with Gasteiger partial charge < -0.3 is 29.9 Å². The maximum Gasteiger partial charge on any atom is 0.266 e. The first-order valence-corrected chi connectivity index (χ1v) is 11.6. The number of aliphatic hydroxyl groups is 1. The van der Waals surface area contributed by atoms with Crippen LogP contribution in [0.4, 0.5) is 5.95 Å². The number of ether oxygens (including phenoxy) is 1. The van der Waals surface area contributed by atoms with E-state index >= 15 is 0 Å². The van der Waals surface area contributed by atoms with Crippen molar-refractivity contribution >= 4 is 35.1 Å². The molecular formula is C21H27Cl2N5O4. The van der Waals surface area contributed by atoms with Gasteiger partial charge in [0.2, 0.25) is 5.91 Å². The Morgan fingerprint density at radius 3 is 2.50 bits per heavy atom. The number of hydrogen-bond acceptors (Lipinski definition) is 8. The van der Waals surface area contributed by atoms with Crippen molar-refractivity contribution < 1.29 is 19.2 Å². The Morgan fingerprint density at radius 1 is 1.22 bits per heavy atom. The summed E-state index contributed by atoms with van der Waals surface area (Å²) in [6.45, 7) is 2.47. The molecule has 1 aliphatic heterocycles. The van der Waals surface area contributed by atoms with Crippen LogP contribution in [0.15, 0.2) is 16.7 Å². The van der Waals surface area contributed by atoms with Gasteiger partial charge in [0.05, 0.1) is 22.7 Å². The van der Waals surface area contributed by atoms with Gasteiger partial charge in [0, 0.05) is 37.7 Å². The number of amides is 1. The van der Waals surface area contributed by atoms with Crippen LogP contribution in [-0.2, 0) is 4.79 Å². The first-order valence-electron chi connectivity index (χ1n) is 10.8. The summed E-state index contributed by atoms with van der Waals surface area (Å²) < 4.78 is 11.0. The molecule has 1 aromatic heterocycles. The van der Waals surface area contributed by atoms with Crippen molar-refractivity contribution in [2.24, 2.45) is 11.7 Å². The molecule has 0 spiro atoms. The fourth-order valence-electron chi connectivity index (χ4n) is 4.08. The average molecular weight is 484 g/mol. The van der Waals surface area contributed by atoms with Crippen molar-refractivity contribution in [3.63, 3.8) is 0 Å². The van der Waals surface area contributed by atoms with E-state index < -0.39 is 6.04 Å². The Kier molecular flexibility index (Phi) is 7.40. The molecule has 4 rings (SSSR count). The number of hydrogen-bond donors (Lipinski definition) is 2. The van der Waals surface area contributed by atoms with Crippen LogP contribution >= 0.6 is 23.2 Å². The van der Waals surface area contributed by atoms with Gasteiger partial charge in [0.1, 0.15) is 6.61 Å². The predicted molar refractivity (Wildman–Crippen MR) is 121 cm³/mol. The Bertz CT molecular complexity index is 919. The van der Waals surface area contributed by atoms with Gasteiger partial charge in [-0.15, -0.1) is 0 Å². The molecule has 2 aromatic rings. The molecule has 1 saturated heterocycles.